The third kappa shape index (κ3) is 4.56. The first-order valence-electron chi connectivity index (χ1n) is 7.27. The molecule has 0 aromatic carbocycles. The van der Waals surface area contributed by atoms with E-state index in [4.69, 9.17) is 4.42 Å². The summed E-state index contributed by atoms with van der Waals surface area (Å²) < 4.78 is 5.31. The fourth-order valence-corrected chi connectivity index (χ4v) is 3.26. The monoisotopic (exact) mass is 341 g/mol. The average Bonchev–Trinajstić information content (AvgIpc) is 3.24. The molecule has 3 rings (SSSR count). The van der Waals surface area contributed by atoms with Crippen LogP contribution < -0.4 is 10.6 Å². The van der Waals surface area contributed by atoms with Crippen molar-refractivity contribution in [2.45, 2.75) is 25.8 Å². The third-order valence-electron chi connectivity index (χ3n) is 3.69. The Morgan fingerprint density at radius 2 is 2.45 bits per heavy atom. The van der Waals surface area contributed by atoms with E-state index in [0.717, 1.165) is 36.0 Å². The second kappa shape index (κ2) is 8.31. The van der Waals surface area contributed by atoms with Crippen LogP contribution in [0.1, 0.15) is 25.0 Å². The molecule has 3 heterocycles. The Balaban J connectivity index is 0.00000176. The molecule has 1 amide bonds. The fraction of sp³-hybridized carbons (Fsp3) is 0.467. The summed E-state index contributed by atoms with van der Waals surface area (Å²) in [6.07, 6.45) is 4.39. The molecule has 5 nitrogen and oxygen atoms in total. The predicted octanol–water partition coefficient (Wildman–Crippen LogP) is 2.83. The van der Waals surface area contributed by atoms with Gasteiger partial charge in [0.15, 0.2) is 10.8 Å². The van der Waals surface area contributed by atoms with Crippen molar-refractivity contribution in [2.75, 3.05) is 13.1 Å². The molecule has 1 aliphatic heterocycles. The number of nitrogens with zero attached hydrogens (tertiary/aromatic N) is 1. The Kier molecular flexibility index (Phi) is 6.42. The van der Waals surface area contributed by atoms with E-state index in [-0.39, 0.29) is 18.3 Å². The SMILES string of the molecule is Cl.O=C(CCC1CCNC1)NCc1csc(-c2ccco2)n1. The Hall–Kier alpha value is -1.37. The van der Waals surface area contributed by atoms with E-state index in [9.17, 15) is 4.79 Å². The highest BCUT2D eigenvalue weighted by Crippen LogP contribution is 2.23. The third-order valence-corrected chi connectivity index (χ3v) is 4.60. The van der Waals surface area contributed by atoms with E-state index in [1.807, 2.05) is 17.5 Å². The van der Waals surface area contributed by atoms with Gasteiger partial charge in [0.1, 0.15) is 0 Å². The van der Waals surface area contributed by atoms with Crippen molar-refractivity contribution in [1.82, 2.24) is 15.6 Å². The van der Waals surface area contributed by atoms with Crippen molar-refractivity contribution in [3.05, 3.63) is 29.5 Å². The lowest BCUT2D eigenvalue weighted by atomic mass is 10.0. The second-order valence-electron chi connectivity index (χ2n) is 5.30. The molecule has 0 bridgehead atoms. The van der Waals surface area contributed by atoms with Crippen LogP contribution >= 0.6 is 23.7 Å². The second-order valence-corrected chi connectivity index (χ2v) is 6.15. The number of amides is 1. The maximum absolute atomic E-state index is 11.8. The first-order valence-corrected chi connectivity index (χ1v) is 8.15. The number of aromatic nitrogens is 1. The predicted molar refractivity (Wildman–Crippen MR) is 89.1 cm³/mol. The van der Waals surface area contributed by atoms with E-state index in [1.54, 1.807) is 6.26 Å². The molecule has 2 aromatic heterocycles. The summed E-state index contributed by atoms with van der Waals surface area (Å²) in [6, 6.07) is 3.73. The Morgan fingerprint density at radius 1 is 1.55 bits per heavy atom. The zero-order valence-corrected chi connectivity index (χ0v) is 13.8. The first-order chi connectivity index (χ1) is 10.3. The molecule has 0 saturated carbocycles. The van der Waals surface area contributed by atoms with Gasteiger partial charge in [-0.15, -0.1) is 23.7 Å². The smallest absolute Gasteiger partial charge is 0.220 e. The van der Waals surface area contributed by atoms with Gasteiger partial charge in [-0.2, -0.15) is 0 Å². The lowest BCUT2D eigenvalue weighted by Crippen LogP contribution is -2.23. The number of nitrogens with one attached hydrogen (secondary N) is 2. The van der Waals surface area contributed by atoms with Gasteiger partial charge in [-0.3, -0.25) is 4.79 Å². The van der Waals surface area contributed by atoms with Gasteiger partial charge >= 0.3 is 0 Å². The molecule has 0 aliphatic carbocycles. The molecule has 22 heavy (non-hydrogen) atoms. The van der Waals surface area contributed by atoms with Gasteiger partial charge in [0.2, 0.25) is 5.91 Å². The zero-order chi connectivity index (χ0) is 14.5. The van der Waals surface area contributed by atoms with E-state index in [2.05, 4.69) is 15.6 Å². The Morgan fingerprint density at radius 3 is 3.18 bits per heavy atom. The lowest BCUT2D eigenvalue weighted by Gasteiger charge is -2.07. The first kappa shape index (κ1) is 17.0. The minimum atomic E-state index is 0. The molecule has 1 aliphatic rings. The molecule has 2 N–H and O–H groups in total. The zero-order valence-electron chi connectivity index (χ0n) is 12.2. The van der Waals surface area contributed by atoms with E-state index in [1.165, 1.54) is 17.8 Å². The highest BCUT2D eigenvalue weighted by Gasteiger charge is 2.15. The fourth-order valence-electron chi connectivity index (χ4n) is 2.48. The van der Waals surface area contributed by atoms with Gasteiger partial charge < -0.3 is 15.1 Å². The standard InChI is InChI=1S/C15H19N3O2S.ClH/c19-14(4-3-11-5-6-16-8-11)17-9-12-10-21-15(18-12)13-2-1-7-20-13;/h1-2,7,10-11,16H,3-6,8-9H2,(H,17,19);1H. The molecule has 0 spiro atoms. The number of hydrogen-bond acceptors (Lipinski definition) is 5. The summed E-state index contributed by atoms with van der Waals surface area (Å²) in [6.45, 7) is 2.62. The molecule has 120 valence electrons. The average molecular weight is 342 g/mol. The number of furan rings is 1. The van der Waals surface area contributed by atoms with Crippen LogP contribution in [-0.2, 0) is 11.3 Å². The van der Waals surface area contributed by atoms with E-state index in [0.29, 0.717) is 18.9 Å². The minimum absolute atomic E-state index is 0. The van der Waals surface area contributed by atoms with E-state index >= 15 is 0 Å². The van der Waals surface area contributed by atoms with Crippen LogP contribution in [0.4, 0.5) is 0 Å². The maximum atomic E-state index is 11.8. The number of rotatable bonds is 6. The summed E-state index contributed by atoms with van der Waals surface area (Å²) in [7, 11) is 0. The summed E-state index contributed by atoms with van der Waals surface area (Å²) in [5, 5.41) is 9.06. The van der Waals surface area contributed by atoms with Crippen LogP contribution in [0.2, 0.25) is 0 Å². The van der Waals surface area contributed by atoms with Crippen molar-refractivity contribution in [3.8, 4) is 10.8 Å². The van der Waals surface area contributed by atoms with Gasteiger partial charge in [0.25, 0.3) is 0 Å². The van der Waals surface area contributed by atoms with Crippen LogP contribution in [0, 0.1) is 5.92 Å². The van der Waals surface area contributed by atoms with Crippen LogP contribution in [0.25, 0.3) is 10.8 Å². The molecule has 1 fully saturated rings. The normalized spacial score (nSPS) is 17.2. The molecule has 1 saturated heterocycles. The largest absolute Gasteiger partial charge is 0.462 e. The topological polar surface area (TPSA) is 67.2 Å². The molecular weight excluding hydrogens is 322 g/mol. The molecule has 0 radical (unpaired) electrons. The van der Waals surface area contributed by atoms with Crippen molar-refractivity contribution < 1.29 is 9.21 Å². The van der Waals surface area contributed by atoms with Gasteiger partial charge in [-0.1, -0.05) is 0 Å². The van der Waals surface area contributed by atoms with Gasteiger partial charge in [0.05, 0.1) is 18.5 Å². The highest BCUT2D eigenvalue weighted by molar-refractivity contribution is 7.13. The minimum Gasteiger partial charge on any atom is -0.462 e. The number of carbonyl (C=O) groups excluding carboxylic acids is 1. The van der Waals surface area contributed by atoms with Crippen molar-refractivity contribution in [3.63, 3.8) is 0 Å². The molecular formula is C15H20ClN3O2S. The van der Waals surface area contributed by atoms with Crippen molar-refractivity contribution >= 4 is 29.7 Å². The molecule has 1 unspecified atom stereocenters. The van der Waals surface area contributed by atoms with Crippen molar-refractivity contribution in [2.24, 2.45) is 5.92 Å². The lowest BCUT2D eigenvalue weighted by molar-refractivity contribution is -0.121. The number of carbonyl (C=O) groups is 1. The van der Waals surface area contributed by atoms with Crippen LogP contribution in [-0.4, -0.2) is 24.0 Å². The molecule has 2 aromatic rings. The summed E-state index contributed by atoms with van der Waals surface area (Å²) in [5.74, 6) is 1.53. The van der Waals surface area contributed by atoms with Gasteiger partial charge in [-0.05, 0) is 44.0 Å². The van der Waals surface area contributed by atoms with Crippen LogP contribution in [0.15, 0.2) is 28.2 Å². The Bertz CT molecular complexity index is 579. The van der Waals surface area contributed by atoms with Gasteiger partial charge in [0, 0.05) is 11.8 Å². The number of hydrogen-bond donors (Lipinski definition) is 2. The Labute approximate surface area is 139 Å². The summed E-state index contributed by atoms with van der Waals surface area (Å²) in [5.41, 5.74) is 0.877. The van der Waals surface area contributed by atoms with Gasteiger partial charge in [-0.25, -0.2) is 4.98 Å². The number of halogens is 1. The van der Waals surface area contributed by atoms with E-state index < -0.39 is 0 Å². The van der Waals surface area contributed by atoms with Crippen LogP contribution in [0.5, 0.6) is 0 Å². The summed E-state index contributed by atoms with van der Waals surface area (Å²) in [4.78, 5) is 16.3. The van der Waals surface area contributed by atoms with Crippen LogP contribution in [0.3, 0.4) is 0 Å². The molecule has 7 heteroatoms. The van der Waals surface area contributed by atoms with Crippen molar-refractivity contribution in [1.29, 1.82) is 0 Å². The number of thiazole rings is 1. The molecule has 1 atom stereocenters. The quantitative estimate of drug-likeness (QED) is 0.847. The highest BCUT2D eigenvalue weighted by atomic mass is 35.5. The summed E-state index contributed by atoms with van der Waals surface area (Å²) >= 11 is 1.53. The maximum Gasteiger partial charge on any atom is 0.220 e.